The fourth-order valence-corrected chi connectivity index (χ4v) is 5.32. The molecule has 1 aromatic rings. The van der Waals surface area contributed by atoms with Gasteiger partial charge in [0.05, 0.1) is 5.69 Å². The smallest absolute Gasteiger partial charge is 0.223 e. The molecule has 2 fully saturated rings. The van der Waals surface area contributed by atoms with Crippen LogP contribution in [0.4, 0.5) is 4.39 Å². The van der Waals surface area contributed by atoms with Gasteiger partial charge in [-0.1, -0.05) is 26.3 Å². The van der Waals surface area contributed by atoms with Crippen molar-refractivity contribution in [3.05, 3.63) is 28.9 Å². The van der Waals surface area contributed by atoms with Crippen LogP contribution < -0.4 is 11.1 Å². The van der Waals surface area contributed by atoms with Crippen molar-refractivity contribution in [3.8, 4) is 0 Å². The highest BCUT2D eigenvalue weighted by atomic mass is 19.1. The number of nitrogens with two attached hydrogens (primary N) is 1. The molecule has 1 amide bonds. The summed E-state index contributed by atoms with van der Waals surface area (Å²) in [6.07, 6.45) is 6.26. The van der Waals surface area contributed by atoms with Crippen LogP contribution in [0.15, 0.2) is 17.3 Å². The zero-order valence-corrected chi connectivity index (χ0v) is 22.2. The summed E-state index contributed by atoms with van der Waals surface area (Å²) in [5, 5.41) is 11.2. The summed E-state index contributed by atoms with van der Waals surface area (Å²) in [5.41, 5.74) is 9.11. The lowest BCUT2D eigenvalue weighted by atomic mass is 9.77. The van der Waals surface area contributed by atoms with Crippen molar-refractivity contribution >= 4 is 11.6 Å². The summed E-state index contributed by atoms with van der Waals surface area (Å²) in [6, 6.07) is -0.0303. The lowest BCUT2D eigenvalue weighted by Gasteiger charge is -2.33. The lowest BCUT2D eigenvalue weighted by Crippen LogP contribution is -2.41. The molecule has 7 heteroatoms. The highest BCUT2D eigenvalue weighted by Crippen LogP contribution is 2.39. The quantitative estimate of drug-likeness (QED) is 0.391. The second-order valence-electron chi connectivity index (χ2n) is 11.2. The predicted molar refractivity (Wildman–Crippen MR) is 138 cm³/mol. The van der Waals surface area contributed by atoms with Gasteiger partial charge in [0.2, 0.25) is 5.91 Å². The number of aryl methyl sites for hydroxylation is 1. The third kappa shape index (κ3) is 8.03. The molecule has 2 heterocycles. The van der Waals surface area contributed by atoms with Crippen molar-refractivity contribution in [1.29, 1.82) is 5.41 Å². The number of imidazole rings is 1. The number of alkyl halides is 1. The first-order valence-electron chi connectivity index (χ1n) is 12.8. The fourth-order valence-electron chi connectivity index (χ4n) is 5.32. The molecular weight excluding hydrogens is 429 g/mol. The number of nitrogens with one attached hydrogen (secondary N) is 3. The minimum Gasteiger partial charge on any atom is -0.356 e. The maximum absolute atomic E-state index is 13.7. The Balaban J connectivity index is 0.000000241. The first kappa shape index (κ1) is 28.2. The van der Waals surface area contributed by atoms with Gasteiger partial charge in [0, 0.05) is 36.8 Å². The van der Waals surface area contributed by atoms with Gasteiger partial charge < -0.3 is 21.4 Å². The van der Waals surface area contributed by atoms with Crippen molar-refractivity contribution in [3.63, 3.8) is 0 Å². The van der Waals surface area contributed by atoms with E-state index >= 15 is 0 Å². The van der Waals surface area contributed by atoms with E-state index in [-0.39, 0.29) is 17.9 Å². The molecule has 1 saturated heterocycles. The standard InChI is InChI=1S/C15H26N2O.C12H20FN3/c1-9(2)14(10(3)4)13(16)7-12-6-11(5)8-17-15(12)18;1-8-15-7-10(16-8)11(14)9-3-5-12(2,13)6-4-9/h9,11-12,16H,6-8H2,1-5H3,(H,17,18);7,9,11H,3-6,14H2,1-2H3,(H,15,16). The third-order valence-electron chi connectivity index (χ3n) is 7.24. The SMILES string of the molecule is CC(C)=C(C(=N)CC1CC(C)CNC1=O)C(C)C.Cc1ncc(C(N)C2CCC(C)(F)CC2)[nH]1. The number of allylic oxidation sites excluding steroid dienone is 2. The summed E-state index contributed by atoms with van der Waals surface area (Å²) in [7, 11) is 0. The molecule has 3 rings (SSSR count). The van der Waals surface area contributed by atoms with Crippen molar-refractivity contribution in [2.45, 2.75) is 98.7 Å². The number of piperidine rings is 1. The number of amides is 1. The highest BCUT2D eigenvalue weighted by Gasteiger charge is 2.34. The van der Waals surface area contributed by atoms with E-state index in [9.17, 15) is 9.18 Å². The molecule has 5 N–H and O–H groups in total. The van der Waals surface area contributed by atoms with Crippen LogP contribution in [0, 0.1) is 36.0 Å². The summed E-state index contributed by atoms with van der Waals surface area (Å²) < 4.78 is 13.7. The molecule has 2 aliphatic rings. The van der Waals surface area contributed by atoms with Crippen LogP contribution in [0.3, 0.4) is 0 Å². The Hall–Kier alpha value is -2.02. The Morgan fingerprint density at radius 1 is 1.32 bits per heavy atom. The van der Waals surface area contributed by atoms with Crippen LogP contribution in [-0.4, -0.2) is 33.8 Å². The van der Waals surface area contributed by atoms with E-state index in [0.717, 1.165) is 42.9 Å². The molecule has 0 bridgehead atoms. The average Bonchev–Trinajstić information content (AvgIpc) is 3.16. The molecule has 6 nitrogen and oxygen atoms in total. The summed E-state index contributed by atoms with van der Waals surface area (Å²) in [6.45, 7) is 14.9. The lowest BCUT2D eigenvalue weighted by molar-refractivity contribution is -0.127. The van der Waals surface area contributed by atoms with Gasteiger partial charge in [-0.3, -0.25) is 4.79 Å². The predicted octanol–water partition coefficient (Wildman–Crippen LogP) is 5.80. The van der Waals surface area contributed by atoms with Gasteiger partial charge in [0.1, 0.15) is 11.5 Å². The van der Waals surface area contributed by atoms with Crippen molar-refractivity contribution in [2.75, 3.05) is 6.54 Å². The largest absolute Gasteiger partial charge is 0.356 e. The molecule has 192 valence electrons. The second-order valence-corrected chi connectivity index (χ2v) is 11.2. The maximum Gasteiger partial charge on any atom is 0.223 e. The number of nitrogens with zero attached hydrogens (tertiary/aromatic N) is 1. The molecule has 1 aliphatic heterocycles. The minimum absolute atomic E-state index is 0.0191. The van der Waals surface area contributed by atoms with E-state index in [1.165, 1.54) is 5.57 Å². The Labute approximate surface area is 205 Å². The van der Waals surface area contributed by atoms with Gasteiger partial charge >= 0.3 is 0 Å². The number of hydrogen-bond donors (Lipinski definition) is 4. The van der Waals surface area contributed by atoms with Crippen LogP contribution in [0.25, 0.3) is 0 Å². The topological polar surface area (TPSA) is 108 Å². The van der Waals surface area contributed by atoms with Crippen molar-refractivity contribution < 1.29 is 9.18 Å². The zero-order valence-electron chi connectivity index (χ0n) is 22.2. The van der Waals surface area contributed by atoms with E-state index < -0.39 is 5.67 Å². The van der Waals surface area contributed by atoms with Crippen LogP contribution in [0.5, 0.6) is 0 Å². The number of hydrogen-bond acceptors (Lipinski definition) is 4. The maximum atomic E-state index is 13.7. The van der Waals surface area contributed by atoms with Crippen LogP contribution in [-0.2, 0) is 4.79 Å². The number of rotatable bonds is 6. The number of aromatic amines is 1. The van der Waals surface area contributed by atoms with Gasteiger partial charge in [-0.05, 0) is 83.1 Å². The number of aromatic nitrogens is 2. The monoisotopic (exact) mass is 475 g/mol. The number of H-pyrrole nitrogens is 1. The first-order valence-corrected chi connectivity index (χ1v) is 12.8. The van der Waals surface area contributed by atoms with Crippen LogP contribution in [0.2, 0.25) is 0 Å². The van der Waals surface area contributed by atoms with Crippen molar-refractivity contribution in [1.82, 2.24) is 15.3 Å². The second kappa shape index (κ2) is 12.1. The third-order valence-corrected chi connectivity index (χ3v) is 7.24. The van der Waals surface area contributed by atoms with E-state index in [0.29, 0.717) is 42.7 Å². The molecule has 0 radical (unpaired) electrons. The molecule has 34 heavy (non-hydrogen) atoms. The number of carbonyl (C=O) groups excluding carboxylic acids is 1. The van der Waals surface area contributed by atoms with Crippen molar-refractivity contribution in [2.24, 2.45) is 29.4 Å². The summed E-state index contributed by atoms with van der Waals surface area (Å²) in [5.74, 6) is 2.24. The van der Waals surface area contributed by atoms with Gasteiger partial charge in [-0.2, -0.15) is 0 Å². The average molecular weight is 476 g/mol. The molecule has 1 aliphatic carbocycles. The molecule has 1 saturated carbocycles. The van der Waals surface area contributed by atoms with Gasteiger partial charge in [0.25, 0.3) is 0 Å². The van der Waals surface area contributed by atoms with Crippen LogP contribution in [0.1, 0.15) is 97.6 Å². The molecule has 3 unspecified atom stereocenters. The van der Waals surface area contributed by atoms with E-state index in [1.54, 1.807) is 13.1 Å². The summed E-state index contributed by atoms with van der Waals surface area (Å²) >= 11 is 0. The number of halogens is 1. The van der Waals surface area contributed by atoms with Crippen LogP contribution >= 0.6 is 0 Å². The van der Waals surface area contributed by atoms with Gasteiger partial charge in [-0.15, -0.1) is 0 Å². The van der Waals surface area contributed by atoms with Gasteiger partial charge in [0.15, 0.2) is 0 Å². The molecule has 0 aromatic carbocycles. The zero-order chi connectivity index (χ0) is 25.6. The molecular formula is C27H46FN5O. The fraction of sp³-hybridized carbons (Fsp3) is 0.741. The Morgan fingerprint density at radius 2 is 1.94 bits per heavy atom. The van der Waals surface area contributed by atoms with E-state index in [1.807, 2.05) is 20.8 Å². The normalized spacial score (nSPS) is 27.9. The Kier molecular flexibility index (Phi) is 10.0. The number of carbonyl (C=O) groups is 1. The Bertz CT molecular complexity index is 858. The molecule has 0 spiro atoms. The highest BCUT2D eigenvalue weighted by molar-refractivity contribution is 6.01. The first-order chi connectivity index (χ1) is 15.8. The summed E-state index contributed by atoms with van der Waals surface area (Å²) in [4.78, 5) is 19.1. The van der Waals surface area contributed by atoms with E-state index in [4.69, 9.17) is 11.1 Å². The molecule has 1 aromatic heterocycles. The van der Waals surface area contributed by atoms with E-state index in [2.05, 4.69) is 36.1 Å². The Morgan fingerprint density at radius 3 is 2.44 bits per heavy atom. The molecule has 3 atom stereocenters. The van der Waals surface area contributed by atoms with Gasteiger partial charge in [-0.25, -0.2) is 9.37 Å². The minimum atomic E-state index is -0.986.